The summed E-state index contributed by atoms with van der Waals surface area (Å²) in [6.07, 6.45) is 0.0552. The Kier molecular flexibility index (Phi) is 9.19. The SMILES string of the molecule is CC(=O)OCC1=C(C(=O)[O-])N2C(=O)[C@](NC(=O)Cc3cccs3)(OCc3ccccc3)[C@H]2SC1.[Na+]. The van der Waals surface area contributed by atoms with Crippen molar-refractivity contribution in [1.82, 2.24) is 10.2 Å². The van der Waals surface area contributed by atoms with Crippen LogP contribution >= 0.6 is 23.1 Å². The van der Waals surface area contributed by atoms with E-state index in [-0.39, 0.29) is 66.2 Å². The van der Waals surface area contributed by atoms with Gasteiger partial charge in [-0.1, -0.05) is 36.4 Å². The van der Waals surface area contributed by atoms with Crippen LogP contribution in [0.1, 0.15) is 17.4 Å². The van der Waals surface area contributed by atoms with Crippen molar-refractivity contribution in [3.63, 3.8) is 0 Å². The quantitative estimate of drug-likeness (QED) is 0.170. The molecule has 178 valence electrons. The third kappa shape index (κ3) is 5.82. The van der Waals surface area contributed by atoms with Crippen LogP contribution in [0.15, 0.2) is 59.1 Å². The Morgan fingerprint density at radius 2 is 1.91 bits per heavy atom. The number of thioether (sulfide) groups is 1. The van der Waals surface area contributed by atoms with Crippen molar-refractivity contribution in [3.05, 3.63) is 69.6 Å². The molecule has 4 rings (SSSR count). The molecule has 35 heavy (non-hydrogen) atoms. The van der Waals surface area contributed by atoms with Crippen LogP contribution in [0.3, 0.4) is 0 Å². The van der Waals surface area contributed by atoms with E-state index in [0.29, 0.717) is 0 Å². The minimum atomic E-state index is -1.75. The van der Waals surface area contributed by atoms with Crippen molar-refractivity contribution in [2.75, 3.05) is 12.4 Å². The van der Waals surface area contributed by atoms with Crippen molar-refractivity contribution < 1.29 is 63.3 Å². The molecule has 9 nitrogen and oxygen atoms in total. The number of carboxylic acids is 1. The van der Waals surface area contributed by atoms with E-state index in [0.717, 1.165) is 15.3 Å². The average molecular weight is 525 g/mol. The number of amides is 2. The summed E-state index contributed by atoms with van der Waals surface area (Å²) in [5, 5.41) is 15.7. The smallest absolute Gasteiger partial charge is 0.543 e. The Balaban J connectivity index is 0.00000342. The summed E-state index contributed by atoms with van der Waals surface area (Å²) in [5.41, 5.74) is -1.08. The predicted molar refractivity (Wildman–Crippen MR) is 122 cm³/mol. The number of thiophene rings is 1. The first kappa shape index (κ1) is 27.4. The van der Waals surface area contributed by atoms with Gasteiger partial charge in [0.15, 0.2) is 0 Å². The molecule has 1 aromatic heterocycles. The topological polar surface area (TPSA) is 125 Å². The molecule has 0 aliphatic carbocycles. The average Bonchev–Trinajstić information content (AvgIpc) is 3.32. The van der Waals surface area contributed by atoms with E-state index >= 15 is 0 Å². The number of nitrogens with one attached hydrogen (secondary N) is 1. The predicted octanol–water partition coefficient (Wildman–Crippen LogP) is -2.19. The van der Waals surface area contributed by atoms with Crippen molar-refractivity contribution in [3.8, 4) is 0 Å². The molecule has 2 amide bonds. The van der Waals surface area contributed by atoms with Crippen molar-refractivity contribution in [2.24, 2.45) is 0 Å². The molecule has 3 heterocycles. The number of rotatable bonds is 9. The molecule has 0 saturated carbocycles. The van der Waals surface area contributed by atoms with E-state index in [9.17, 15) is 24.3 Å². The Morgan fingerprint density at radius 3 is 2.54 bits per heavy atom. The standard InChI is InChI=1S/C23H22N2O7S2.Na/c1-14(26)31-12-16-13-34-22-23(21(30)25(22)19(16)20(28)29,32-11-15-6-3-2-4-7-15)24-18(27)10-17-8-5-9-33-17;/h2-9,22H,10-13H2,1H3,(H,24,27)(H,28,29);/q;+1/p-1/t22-,23+;/m1./s1. The maximum atomic E-state index is 13.4. The van der Waals surface area contributed by atoms with Crippen LogP contribution in [0.2, 0.25) is 0 Å². The number of hydrogen-bond acceptors (Lipinski definition) is 9. The Bertz CT molecular complexity index is 1140. The fourth-order valence-electron chi connectivity index (χ4n) is 3.76. The first-order valence-corrected chi connectivity index (χ1v) is 12.3. The van der Waals surface area contributed by atoms with Gasteiger partial charge in [-0.25, -0.2) is 0 Å². The number of ether oxygens (including phenoxy) is 2. The molecule has 2 aromatic rings. The van der Waals surface area contributed by atoms with Gasteiger partial charge in [0, 0.05) is 23.1 Å². The summed E-state index contributed by atoms with van der Waals surface area (Å²) < 4.78 is 11.0. The number of β-lactam (4-membered cyclic amide) rings is 1. The normalized spacial score (nSPS) is 20.9. The van der Waals surface area contributed by atoms with Crippen molar-refractivity contribution in [2.45, 2.75) is 31.1 Å². The molecular formula is C23H21N2NaO7S2. The number of carboxylic acid groups (broad SMARTS) is 1. The number of nitrogens with zero attached hydrogens (tertiary/aromatic N) is 1. The molecule has 1 aromatic carbocycles. The molecule has 0 bridgehead atoms. The first-order valence-electron chi connectivity index (χ1n) is 10.3. The molecule has 12 heteroatoms. The summed E-state index contributed by atoms with van der Waals surface area (Å²) in [7, 11) is 0. The van der Waals surface area contributed by atoms with E-state index in [4.69, 9.17) is 9.47 Å². The van der Waals surface area contributed by atoms with Crippen LogP contribution in [0, 0.1) is 0 Å². The van der Waals surface area contributed by atoms with Crippen LogP contribution in [0.25, 0.3) is 0 Å². The summed E-state index contributed by atoms with van der Waals surface area (Å²) in [6.45, 7) is 0.963. The zero-order valence-electron chi connectivity index (χ0n) is 19.1. The Labute approximate surface area is 232 Å². The number of esters is 1. The van der Waals surface area contributed by atoms with Crippen LogP contribution in [0.5, 0.6) is 0 Å². The first-order chi connectivity index (χ1) is 16.3. The van der Waals surface area contributed by atoms with Gasteiger partial charge in [0.2, 0.25) is 5.91 Å². The largest absolute Gasteiger partial charge is 1.00 e. The van der Waals surface area contributed by atoms with Gasteiger partial charge in [0.05, 0.1) is 24.7 Å². The van der Waals surface area contributed by atoms with Gasteiger partial charge in [-0.15, -0.1) is 23.1 Å². The maximum absolute atomic E-state index is 13.4. The van der Waals surface area contributed by atoms with E-state index in [1.807, 2.05) is 47.8 Å². The Morgan fingerprint density at radius 1 is 1.17 bits per heavy atom. The zero-order chi connectivity index (χ0) is 24.3. The van der Waals surface area contributed by atoms with Gasteiger partial charge in [0.25, 0.3) is 11.6 Å². The minimum Gasteiger partial charge on any atom is -0.543 e. The van der Waals surface area contributed by atoms with E-state index in [2.05, 4.69) is 5.32 Å². The number of carbonyl (C=O) groups is 4. The van der Waals surface area contributed by atoms with Crippen molar-refractivity contribution in [1.29, 1.82) is 0 Å². The number of hydrogen-bond donors (Lipinski definition) is 1. The maximum Gasteiger partial charge on any atom is 1.00 e. The van der Waals surface area contributed by atoms with Gasteiger partial charge in [-0.2, -0.15) is 0 Å². The van der Waals surface area contributed by atoms with Gasteiger partial charge in [-0.05, 0) is 17.0 Å². The summed E-state index contributed by atoms with van der Waals surface area (Å²) in [4.78, 5) is 51.2. The molecule has 2 aliphatic heterocycles. The second-order valence-electron chi connectivity index (χ2n) is 7.67. The zero-order valence-corrected chi connectivity index (χ0v) is 22.8. The molecule has 1 saturated heterocycles. The monoisotopic (exact) mass is 524 g/mol. The van der Waals surface area contributed by atoms with Gasteiger partial charge in [0.1, 0.15) is 12.0 Å². The van der Waals surface area contributed by atoms with Gasteiger partial charge >= 0.3 is 35.5 Å². The van der Waals surface area contributed by atoms with Gasteiger partial charge < -0.3 is 24.7 Å². The fourth-order valence-corrected chi connectivity index (χ4v) is 5.85. The molecule has 0 unspecified atom stereocenters. The second kappa shape index (κ2) is 11.7. The number of carbonyl (C=O) groups excluding carboxylic acids is 4. The fraction of sp³-hybridized carbons (Fsp3) is 0.304. The van der Waals surface area contributed by atoms with E-state index < -0.39 is 34.9 Å². The number of benzene rings is 1. The van der Waals surface area contributed by atoms with E-state index in [1.165, 1.54) is 30.0 Å². The van der Waals surface area contributed by atoms with Gasteiger partial charge in [-0.3, -0.25) is 19.3 Å². The Hall–Kier alpha value is -2.15. The van der Waals surface area contributed by atoms with E-state index in [1.54, 1.807) is 0 Å². The van der Waals surface area contributed by atoms with Crippen LogP contribution in [0.4, 0.5) is 0 Å². The molecule has 1 fully saturated rings. The summed E-state index contributed by atoms with van der Waals surface area (Å²) in [6, 6.07) is 12.8. The van der Waals surface area contributed by atoms with Crippen LogP contribution in [-0.2, 0) is 41.7 Å². The number of aliphatic carboxylic acids is 1. The molecule has 0 spiro atoms. The molecule has 0 radical (unpaired) electrons. The second-order valence-corrected chi connectivity index (χ2v) is 9.77. The van der Waals surface area contributed by atoms with Crippen LogP contribution < -0.4 is 40.0 Å². The number of fused-ring (bicyclic) bond motifs is 1. The molecule has 2 atom stereocenters. The summed E-state index contributed by atoms with van der Waals surface area (Å²) in [5.74, 6) is -3.13. The third-order valence-electron chi connectivity index (χ3n) is 5.30. The van der Waals surface area contributed by atoms with Crippen LogP contribution in [-0.4, -0.2) is 52.1 Å². The van der Waals surface area contributed by atoms with Crippen molar-refractivity contribution >= 4 is 46.9 Å². The molecule has 1 N–H and O–H groups in total. The molecular weight excluding hydrogens is 503 g/mol. The minimum absolute atomic E-state index is 0. The third-order valence-corrected chi connectivity index (χ3v) is 7.55. The molecule has 2 aliphatic rings. The summed E-state index contributed by atoms with van der Waals surface area (Å²) >= 11 is 2.63.